The van der Waals surface area contributed by atoms with Crippen molar-refractivity contribution in [1.82, 2.24) is 0 Å². The number of fused-ring (bicyclic) bond motifs is 1. The van der Waals surface area contributed by atoms with Crippen LogP contribution in [0.4, 0.5) is 4.39 Å². The molecule has 5 heteroatoms. The average Bonchev–Trinajstić information content (AvgIpc) is 2.60. The molecule has 2 rings (SSSR count). The first-order valence-corrected chi connectivity index (χ1v) is 5.72. The molecule has 2 aromatic rings. The van der Waals surface area contributed by atoms with Gasteiger partial charge in [0.15, 0.2) is 6.10 Å². The molecule has 0 saturated carbocycles. The van der Waals surface area contributed by atoms with Gasteiger partial charge >= 0.3 is 0 Å². The lowest BCUT2D eigenvalue weighted by Gasteiger charge is -2.06. The van der Waals surface area contributed by atoms with Crippen molar-refractivity contribution < 1.29 is 13.9 Å². The predicted octanol–water partition coefficient (Wildman–Crippen LogP) is 3.49. The molecule has 0 aliphatic carbocycles. The van der Waals surface area contributed by atoms with E-state index in [1.165, 1.54) is 30.6 Å². The van der Waals surface area contributed by atoms with Crippen LogP contribution < -0.4 is 0 Å². The van der Waals surface area contributed by atoms with Crippen LogP contribution in [0.3, 0.4) is 0 Å². The molecule has 16 heavy (non-hydrogen) atoms. The summed E-state index contributed by atoms with van der Waals surface area (Å²) < 4.78 is 18.7. The summed E-state index contributed by atoms with van der Waals surface area (Å²) in [7, 11) is 1.41. The third-order valence-corrected chi connectivity index (χ3v) is 3.54. The maximum absolute atomic E-state index is 13.0. The molecule has 1 aromatic carbocycles. The highest BCUT2D eigenvalue weighted by Gasteiger charge is 2.20. The molecule has 1 atom stereocenters. The van der Waals surface area contributed by atoms with Crippen molar-refractivity contribution in [2.45, 2.75) is 6.10 Å². The van der Waals surface area contributed by atoms with E-state index in [-0.39, 0.29) is 5.82 Å². The van der Waals surface area contributed by atoms with Gasteiger partial charge in [-0.2, -0.15) is 0 Å². The van der Waals surface area contributed by atoms with E-state index in [0.717, 1.165) is 10.1 Å². The fourth-order valence-electron chi connectivity index (χ4n) is 1.48. The molecular formula is C11H8ClFO2S. The molecule has 0 aliphatic heterocycles. The van der Waals surface area contributed by atoms with Gasteiger partial charge in [-0.3, -0.25) is 4.79 Å². The van der Waals surface area contributed by atoms with Crippen molar-refractivity contribution in [2.24, 2.45) is 0 Å². The Morgan fingerprint density at radius 3 is 2.88 bits per heavy atom. The van der Waals surface area contributed by atoms with Gasteiger partial charge in [-0.1, -0.05) is 6.07 Å². The Morgan fingerprint density at radius 2 is 2.25 bits per heavy atom. The zero-order valence-corrected chi connectivity index (χ0v) is 9.94. The molecule has 0 fully saturated rings. The van der Waals surface area contributed by atoms with Gasteiger partial charge < -0.3 is 4.74 Å². The van der Waals surface area contributed by atoms with Crippen molar-refractivity contribution in [1.29, 1.82) is 0 Å². The van der Waals surface area contributed by atoms with Crippen LogP contribution in [-0.2, 0) is 9.53 Å². The van der Waals surface area contributed by atoms with Crippen molar-refractivity contribution >= 4 is 38.3 Å². The molecule has 84 valence electrons. The van der Waals surface area contributed by atoms with Gasteiger partial charge in [-0.05, 0) is 35.2 Å². The largest absolute Gasteiger partial charge is 0.367 e. The maximum Gasteiger partial charge on any atom is 0.255 e. The summed E-state index contributed by atoms with van der Waals surface area (Å²) in [6.45, 7) is 0. The number of rotatable bonds is 3. The third kappa shape index (κ3) is 2.09. The average molecular weight is 259 g/mol. The highest BCUT2D eigenvalue weighted by Crippen LogP contribution is 2.32. The van der Waals surface area contributed by atoms with Crippen LogP contribution in [0.2, 0.25) is 0 Å². The summed E-state index contributed by atoms with van der Waals surface area (Å²) in [5.74, 6) is -0.299. The maximum atomic E-state index is 13.0. The molecule has 0 bridgehead atoms. The van der Waals surface area contributed by atoms with Crippen molar-refractivity contribution in [3.05, 3.63) is 35.0 Å². The van der Waals surface area contributed by atoms with Gasteiger partial charge in [0.1, 0.15) is 5.82 Å². The smallest absolute Gasteiger partial charge is 0.255 e. The predicted molar refractivity (Wildman–Crippen MR) is 62.4 cm³/mol. The Morgan fingerprint density at radius 1 is 1.50 bits per heavy atom. The number of thiophene rings is 1. The topological polar surface area (TPSA) is 26.3 Å². The van der Waals surface area contributed by atoms with E-state index in [9.17, 15) is 9.18 Å². The fourth-order valence-corrected chi connectivity index (χ4v) is 2.91. The van der Waals surface area contributed by atoms with E-state index in [0.29, 0.717) is 4.88 Å². The fraction of sp³-hybridized carbons (Fsp3) is 0.182. The minimum atomic E-state index is -0.776. The van der Waals surface area contributed by atoms with Gasteiger partial charge in [0.25, 0.3) is 5.24 Å². The lowest BCUT2D eigenvalue weighted by molar-refractivity contribution is -0.120. The van der Waals surface area contributed by atoms with E-state index in [2.05, 4.69) is 0 Å². The Labute approximate surface area is 101 Å². The minimum Gasteiger partial charge on any atom is -0.367 e. The number of benzene rings is 1. The third-order valence-electron chi connectivity index (χ3n) is 2.20. The molecule has 0 spiro atoms. The monoisotopic (exact) mass is 258 g/mol. The molecular weight excluding hydrogens is 251 g/mol. The summed E-state index contributed by atoms with van der Waals surface area (Å²) in [5.41, 5.74) is 0. The first-order chi connectivity index (χ1) is 7.61. The van der Waals surface area contributed by atoms with Crippen LogP contribution in [0, 0.1) is 5.82 Å². The Bertz CT molecular complexity index is 538. The summed E-state index contributed by atoms with van der Waals surface area (Å²) in [6.07, 6.45) is -0.776. The minimum absolute atomic E-state index is 0.299. The van der Waals surface area contributed by atoms with E-state index < -0.39 is 11.3 Å². The van der Waals surface area contributed by atoms with E-state index in [4.69, 9.17) is 16.3 Å². The standard InChI is InChI=1S/C11H8ClFO2S/c1-15-10(11(12)14)9-4-6-2-3-7(13)5-8(6)16-9/h2-5,10H,1H3. The summed E-state index contributed by atoms with van der Waals surface area (Å²) >= 11 is 6.71. The number of methoxy groups -OCH3 is 1. The number of carbonyl (C=O) groups excluding carboxylic acids is 1. The van der Waals surface area contributed by atoms with Gasteiger partial charge in [-0.15, -0.1) is 11.3 Å². The Balaban J connectivity index is 2.49. The Hall–Kier alpha value is -0.970. The number of carbonyl (C=O) groups is 1. The van der Waals surface area contributed by atoms with E-state index in [1.54, 1.807) is 12.1 Å². The number of ether oxygens (including phenoxy) is 1. The van der Waals surface area contributed by atoms with Crippen LogP contribution in [0.5, 0.6) is 0 Å². The van der Waals surface area contributed by atoms with E-state index >= 15 is 0 Å². The lowest BCUT2D eigenvalue weighted by Crippen LogP contribution is -2.06. The quantitative estimate of drug-likeness (QED) is 0.788. The first kappa shape index (κ1) is 11.5. The van der Waals surface area contributed by atoms with Crippen LogP contribution in [0.25, 0.3) is 10.1 Å². The molecule has 0 amide bonds. The Kier molecular flexibility index (Phi) is 3.23. The summed E-state index contributed by atoms with van der Waals surface area (Å²) in [6, 6.07) is 6.25. The normalized spacial score (nSPS) is 12.9. The summed E-state index contributed by atoms with van der Waals surface area (Å²) in [5, 5.41) is 0.302. The van der Waals surface area contributed by atoms with E-state index in [1.807, 2.05) is 0 Å². The van der Waals surface area contributed by atoms with Gasteiger partial charge in [0.05, 0.1) is 0 Å². The second-order valence-corrected chi connectivity index (χ2v) is 4.74. The first-order valence-electron chi connectivity index (χ1n) is 4.53. The number of hydrogen-bond acceptors (Lipinski definition) is 3. The molecule has 1 unspecified atom stereocenters. The second kappa shape index (κ2) is 4.49. The number of hydrogen-bond donors (Lipinski definition) is 0. The van der Waals surface area contributed by atoms with Crippen LogP contribution >= 0.6 is 22.9 Å². The molecule has 1 heterocycles. The molecule has 0 aliphatic rings. The van der Waals surface area contributed by atoms with Crippen molar-refractivity contribution in [3.63, 3.8) is 0 Å². The van der Waals surface area contributed by atoms with Gasteiger partial charge in [0.2, 0.25) is 0 Å². The molecule has 2 nitrogen and oxygen atoms in total. The highest BCUT2D eigenvalue weighted by molar-refractivity contribution is 7.19. The molecule has 0 saturated heterocycles. The lowest BCUT2D eigenvalue weighted by atomic mass is 10.2. The molecule has 1 aromatic heterocycles. The number of halogens is 2. The zero-order valence-electron chi connectivity index (χ0n) is 8.37. The highest BCUT2D eigenvalue weighted by atomic mass is 35.5. The second-order valence-electron chi connectivity index (χ2n) is 3.25. The van der Waals surface area contributed by atoms with Crippen LogP contribution in [0.15, 0.2) is 24.3 Å². The van der Waals surface area contributed by atoms with Gasteiger partial charge in [-0.25, -0.2) is 4.39 Å². The molecule has 0 radical (unpaired) electrons. The van der Waals surface area contributed by atoms with Crippen LogP contribution in [-0.4, -0.2) is 12.4 Å². The van der Waals surface area contributed by atoms with Gasteiger partial charge in [0, 0.05) is 16.7 Å². The van der Waals surface area contributed by atoms with Crippen molar-refractivity contribution in [2.75, 3.05) is 7.11 Å². The van der Waals surface area contributed by atoms with Crippen molar-refractivity contribution in [3.8, 4) is 0 Å². The SMILES string of the molecule is COC(C(=O)Cl)c1cc2ccc(F)cc2s1. The summed E-state index contributed by atoms with van der Waals surface area (Å²) in [4.78, 5) is 11.8. The van der Waals surface area contributed by atoms with Crippen LogP contribution in [0.1, 0.15) is 11.0 Å². The zero-order chi connectivity index (χ0) is 11.7. The molecule has 0 N–H and O–H groups in total.